The molecule has 0 atom stereocenters. The third kappa shape index (κ3) is 3.99. The van der Waals surface area contributed by atoms with Crippen LogP contribution in [0.15, 0.2) is 77.3 Å². The number of carbonyl (C=O) groups is 1. The molecular formula is C23H20BrN3O. The first-order chi connectivity index (χ1) is 13.6. The number of imidazole rings is 1. The van der Waals surface area contributed by atoms with E-state index in [2.05, 4.69) is 51.1 Å². The molecule has 4 nitrogen and oxygen atoms in total. The lowest BCUT2D eigenvalue weighted by Crippen LogP contribution is -2.11. The second kappa shape index (κ2) is 7.98. The Balaban J connectivity index is 1.39. The van der Waals surface area contributed by atoms with E-state index in [0.29, 0.717) is 5.56 Å². The number of amides is 1. The van der Waals surface area contributed by atoms with Crippen molar-refractivity contribution < 1.29 is 4.79 Å². The molecule has 5 heteroatoms. The monoisotopic (exact) mass is 433 g/mol. The molecule has 4 aromatic rings. The Morgan fingerprint density at radius 1 is 0.964 bits per heavy atom. The van der Waals surface area contributed by atoms with Gasteiger partial charge in [0, 0.05) is 29.2 Å². The van der Waals surface area contributed by atoms with Crippen LogP contribution in [0, 0.1) is 0 Å². The maximum atomic E-state index is 12.3. The summed E-state index contributed by atoms with van der Waals surface area (Å²) in [5.74, 6) is 0.966. The number of nitrogens with one attached hydrogen (secondary N) is 1. The molecular weight excluding hydrogens is 414 g/mol. The van der Waals surface area contributed by atoms with E-state index in [1.165, 1.54) is 5.56 Å². The highest BCUT2D eigenvalue weighted by atomic mass is 79.9. The van der Waals surface area contributed by atoms with Crippen LogP contribution < -0.4 is 5.32 Å². The predicted molar refractivity (Wildman–Crippen MR) is 117 cm³/mol. The van der Waals surface area contributed by atoms with Crippen LogP contribution in [-0.4, -0.2) is 15.5 Å². The molecule has 0 fully saturated rings. The summed E-state index contributed by atoms with van der Waals surface area (Å²) < 4.78 is 3.11. The molecule has 0 aliphatic rings. The van der Waals surface area contributed by atoms with E-state index >= 15 is 0 Å². The highest BCUT2D eigenvalue weighted by Gasteiger charge is 2.08. The van der Waals surface area contributed by atoms with E-state index in [1.54, 1.807) is 12.1 Å². The number of aryl methyl sites for hydroxylation is 3. The van der Waals surface area contributed by atoms with E-state index < -0.39 is 0 Å². The molecule has 140 valence electrons. The van der Waals surface area contributed by atoms with Crippen molar-refractivity contribution in [2.24, 2.45) is 7.05 Å². The van der Waals surface area contributed by atoms with Crippen molar-refractivity contribution >= 4 is 38.6 Å². The molecule has 4 rings (SSSR count). The van der Waals surface area contributed by atoms with Crippen LogP contribution in [0.1, 0.15) is 21.7 Å². The van der Waals surface area contributed by atoms with Crippen LogP contribution >= 0.6 is 15.9 Å². The van der Waals surface area contributed by atoms with Crippen molar-refractivity contribution in [2.45, 2.75) is 12.8 Å². The number of para-hydroxylation sites is 2. The zero-order valence-corrected chi connectivity index (χ0v) is 17.1. The fourth-order valence-electron chi connectivity index (χ4n) is 3.23. The Bertz CT molecular complexity index is 1120. The lowest BCUT2D eigenvalue weighted by Gasteiger charge is -2.07. The minimum atomic E-state index is -0.111. The maximum absolute atomic E-state index is 12.3. The molecule has 1 N–H and O–H groups in total. The number of fused-ring (bicyclic) bond motifs is 1. The molecule has 0 saturated carbocycles. The minimum absolute atomic E-state index is 0.111. The summed E-state index contributed by atoms with van der Waals surface area (Å²) in [6, 6.07) is 23.5. The molecule has 0 bridgehead atoms. The summed E-state index contributed by atoms with van der Waals surface area (Å²) in [6.45, 7) is 0. The number of hydrogen-bond acceptors (Lipinski definition) is 2. The van der Waals surface area contributed by atoms with Crippen molar-refractivity contribution in [3.05, 3.63) is 94.2 Å². The highest BCUT2D eigenvalue weighted by Crippen LogP contribution is 2.17. The molecule has 28 heavy (non-hydrogen) atoms. The first-order valence-electron chi connectivity index (χ1n) is 9.16. The van der Waals surface area contributed by atoms with E-state index in [-0.39, 0.29) is 5.91 Å². The lowest BCUT2D eigenvalue weighted by atomic mass is 10.1. The topological polar surface area (TPSA) is 46.9 Å². The van der Waals surface area contributed by atoms with Crippen LogP contribution in [0.3, 0.4) is 0 Å². The number of nitrogens with zero attached hydrogens (tertiary/aromatic N) is 2. The number of hydrogen-bond donors (Lipinski definition) is 1. The summed E-state index contributed by atoms with van der Waals surface area (Å²) in [4.78, 5) is 17.0. The van der Waals surface area contributed by atoms with E-state index in [9.17, 15) is 4.79 Å². The largest absolute Gasteiger partial charge is 0.331 e. The average molecular weight is 434 g/mol. The van der Waals surface area contributed by atoms with Crippen LogP contribution in [0.25, 0.3) is 11.0 Å². The Morgan fingerprint density at radius 2 is 1.68 bits per heavy atom. The zero-order valence-electron chi connectivity index (χ0n) is 15.5. The standard InChI is InChI=1S/C23H20BrN3O/c1-27-21-5-3-2-4-20(21)26-22(27)15-8-16-6-13-19(14-7-16)25-23(28)17-9-11-18(24)12-10-17/h2-7,9-14H,8,15H2,1H3,(H,25,28). The summed E-state index contributed by atoms with van der Waals surface area (Å²) in [6.07, 6.45) is 1.77. The van der Waals surface area contributed by atoms with Crippen molar-refractivity contribution in [3.63, 3.8) is 0 Å². The first-order valence-corrected chi connectivity index (χ1v) is 9.95. The summed E-state index contributed by atoms with van der Waals surface area (Å²) >= 11 is 3.38. The molecule has 1 aromatic heterocycles. The van der Waals surface area contributed by atoms with Gasteiger partial charge in [0.15, 0.2) is 0 Å². The number of aromatic nitrogens is 2. The molecule has 0 radical (unpaired) electrons. The van der Waals surface area contributed by atoms with Gasteiger partial charge in [-0.2, -0.15) is 0 Å². The van der Waals surface area contributed by atoms with E-state index in [1.807, 2.05) is 42.5 Å². The van der Waals surface area contributed by atoms with Crippen molar-refractivity contribution in [3.8, 4) is 0 Å². The summed E-state index contributed by atoms with van der Waals surface area (Å²) in [5, 5.41) is 2.93. The van der Waals surface area contributed by atoms with Gasteiger partial charge in [0.25, 0.3) is 5.91 Å². The minimum Gasteiger partial charge on any atom is -0.331 e. The van der Waals surface area contributed by atoms with Gasteiger partial charge in [0.05, 0.1) is 11.0 Å². The fraction of sp³-hybridized carbons (Fsp3) is 0.130. The van der Waals surface area contributed by atoms with Gasteiger partial charge < -0.3 is 9.88 Å². The van der Waals surface area contributed by atoms with E-state index in [4.69, 9.17) is 4.98 Å². The number of benzene rings is 3. The van der Waals surface area contributed by atoms with Crippen LogP contribution in [0.5, 0.6) is 0 Å². The Labute approximate surface area is 172 Å². The zero-order chi connectivity index (χ0) is 19.5. The van der Waals surface area contributed by atoms with Gasteiger partial charge in [-0.15, -0.1) is 0 Å². The smallest absolute Gasteiger partial charge is 0.255 e. The Kier molecular flexibility index (Phi) is 5.26. The second-order valence-electron chi connectivity index (χ2n) is 6.73. The van der Waals surface area contributed by atoms with Gasteiger partial charge in [-0.1, -0.05) is 40.2 Å². The van der Waals surface area contributed by atoms with Crippen molar-refractivity contribution in [1.29, 1.82) is 0 Å². The van der Waals surface area contributed by atoms with Crippen molar-refractivity contribution in [2.75, 3.05) is 5.32 Å². The molecule has 1 heterocycles. The normalized spacial score (nSPS) is 10.9. The third-order valence-corrected chi connectivity index (χ3v) is 5.36. The fourth-order valence-corrected chi connectivity index (χ4v) is 3.50. The van der Waals surface area contributed by atoms with Crippen LogP contribution in [-0.2, 0) is 19.9 Å². The molecule has 0 aliphatic heterocycles. The SMILES string of the molecule is Cn1c(CCc2ccc(NC(=O)c3ccc(Br)cc3)cc2)nc2ccccc21. The third-order valence-electron chi connectivity index (χ3n) is 4.84. The summed E-state index contributed by atoms with van der Waals surface area (Å²) in [7, 11) is 2.06. The molecule has 0 aliphatic carbocycles. The van der Waals surface area contributed by atoms with Crippen molar-refractivity contribution in [1.82, 2.24) is 9.55 Å². The van der Waals surface area contributed by atoms with Gasteiger partial charge in [-0.3, -0.25) is 4.79 Å². The molecule has 0 unspecified atom stereocenters. The quantitative estimate of drug-likeness (QED) is 0.459. The Hall–Kier alpha value is -2.92. The summed E-state index contributed by atoms with van der Waals surface area (Å²) in [5.41, 5.74) is 4.83. The number of carbonyl (C=O) groups excluding carboxylic acids is 1. The second-order valence-corrected chi connectivity index (χ2v) is 7.65. The van der Waals surface area contributed by atoms with Gasteiger partial charge >= 0.3 is 0 Å². The van der Waals surface area contributed by atoms with Gasteiger partial charge in [0.1, 0.15) is 5.82 Å². The van der Waals surface area contributed by atoms with Crippen LogP contribution in [0.4, 0.5) is 5.69 Å². The molecule has 1 amide bonds. The number of rotatable bonds is 5. The van der Waals surface area contributed by atoms with Gasteiger partial charge in [-0.05, 0) is 60.5 Å². The Morgan fingerprint density at radius 3 is 2.39 bits per heavy atom. The molecule has 3 aromatic carbocycles. The maximum Gasteiger partial charge on any atom is 0.255 e. The molecule has 0 spiro atoms. The van der Waals surface area contributed by atoms with Crippen LogP contribution in [0.2, 0.25) is 0 Å². The average Bonchev–Trinajstić information content (AvgIpc) is 3.04. The molecule has 0 saturated heterocycles. The first kappa shape index (κ1) is 18.4. The number of anilines is 1. The van der Waals surface area contributed by atoms with Gasteiger partial charge in [0.2, 0.25) is 0 Å². The highest BCUT2D eigenvalue weighted by molar-refractivity contribution is 9.10. The van der Waals surface area contributed by atoms with E-state index in [0.717, 1.165) is 39.9 Å². The van der Waals surface area contributed by atoms with Gasteiger partial charge in [-0.25, -0.2) is 4.98 Å². The number of halogens is 1. The lowest BCUT2D eigenvalue weighted by molar-refractivity contribution is 0.102. The predicted octanol–water partition coefficient (Wildman–Crippen LogP) is 5.37.